The van der Waals surface area contributed by atoms with E-state index in [1.807, 2.05) is 24.3 Å². The molecule has 22 heavy (non-hydrogen) atoms. The van der Waals surface area contributed by atoms with Crippen LogP contribution in [0.2, 0.25) is 0 Å². The minimum absolute atomic E-state index is 0.142. The number of halogens is 1. The quantitative estimate of drug-likeness (QED) is 0.612. The van der Waals surface area contributed by atoms with Gasteiger partial charge in [0.1, 0.15) is 11.7 Å². The molecule has 6 heteroatoms. The van der Waals surface area contributed by atoms with Gasteiger partial charge in [0.2, 0.25) is 5.90 Å². The molecule has 2 atom stereocenters. The van der Waals surface area contributed by atoms with E-state index in [1.165, 1.54) is 0 Å². The zero-order chi connectivity index (χ0) is 16.3. The molecule has 0 saturated heterocycles. The lowest BCUT2D eigenvalue weighted by Crippen LogP contribution is -2.33. The maximum absolute atomic E-state index is 12.3. The summed E-state index contributed by atoms with van der Waals surface area (Å²) in [6, 6.07) is 9.62. The molecular weight excluding hydrogens is 395 g/mol. The van der Waals surface area contributed by atoms with Crippen LogP contribution in [0.15, 0.2) is 35.6 Å². The first-order chi connectivity index (χ1) is 10.5. The van der Waals surface area contributed by atoms with Gasteiger partial charge in [0.15, 0.2) is 0 Å². The maximum Gasteiger partial charge on any atom is 0.338 e. The van der Waals surface area contributed by atoms with Crippen LogP contribution in [0, 0.1) is 26.2 Å². The van der Waals surface area contributed by atoms with Gasteiger partial charge in [-0.2, -0.15) is 5.26 Å². The van der Waals surface area contributed by atoms with Gasteiger partial charge in [0, 0.05) is 9.49 Å². The SMILES string of the molecule is CCOC(=O)C1=C(C)OC(=N)C(C#N)C1c1cccc(I)c1. The third-order valence-electron chi connectivity index (χ3n) is 3.41. The van der Waals surface area contributed by atoms with E-state index in [2.05, 4.69) is 28.7 Å². The average Bonchev–Trinajstić information content (AvgIpc) is 2.46. The lowest BCUT2D eigenvalue weighted by molar-refractivity contribution is -0.139. The Kier molecular flexibility index (Phi) is 5.19. The third kappa shape index (κ3) is 3.14. The molecule has 1 heterocycles. The van der Waals surface area contributed by atoms with Crippen molar-refractivity contribution in [3.8, 4) is 6.07 Å². The third-order valence-corrected chi connectivity index (χ3v) is 4.08. The van der Waals surface area contributed by atoms with Gasteiger partial charge in [-0.3, -0.25) is 5.41 Å². The molecule has 0 bridgehead atoms. The number of carbonyl (C=O) groups is 1. The Bertz CT molecular complexity index is 691. The van der Waals surface area contributed by atoms with Crippen molar-refractivity contribution in [2.24, 2.45) is 5.92 Å². The Hall–Kier alpha value is -1.88. The second-order valence-corrected chi connectivity index (χ2v) is 6.04. The summed E-state index contributed by atoms with van der Waals surface area (Å²) in [4.78, 5) is 12.3. The van der Waals surface area contributed by atoms with Crippen LogP contribution in [0.4, 0.5) is 0 Å². The summed E-state index contributed by atoms with van der Waals surface area (Å²) in [6.07, 6.45) is 0. The van der Waals surface area contributed by atoms with Crippen LogP contribution in [0.5, 0.6) is 0 Å². The number of rotatable bonds is 3. The van der Waals surface area contributed by atoms with Gasteiger partial charge in [-0.05, 0) is 54.1 Å². The van der Waals surface area contributed by atoms with Crippen molar-refractivity contribution in [2.75, 3.05) is 6.61 Å². The number of hydrogen-bond acceptors (Lipinski definition) is 5. The summed E-state index contributed by atoms with van der Waals surface area (Å²) >= 11 is 2.17. The molecule has 2 rings (SSSR count). The van der Waals surface area contributed by atoms with Gasteiger partial charge in [-0.25, -0.2) is 4.79 Å². The predicted octanol–water partition coefficient (Wildman–Crippen LogP) is 3.36. The van der Waals surface area contributed by atoms with E-state index in [4.69, 9.17) is 14.9 Å². The van der Waals surface area contributed by atoms with E-state index in [0.29, 0.717) is 11.3 Å². The molecule has 0 radical (unpaired) electrons. The largest absolute Gasteiger partial charge is 0.463 e. The molecule has 1 N–H and O–H groups in total. The molecule has 2 unspecified atom stereocenters. The number of carbonyl (C=O) groups excluding carboxylic acids is 1. The summed E-state index contributed by atoms with van der Waals surface area (Å²) in [5, 5.41) is 17.3. The number of ether oxygens (including phenoxy) is 2. The van der Waals surface area contributed by atoms with Crippen LogP contribution in [-0.4, -0.2) is 18.5 Å². The molecule has 0 aliphatic carbocycles. The van der Waals surface area contributed by atoms with E-state index in [1.54, 1.807) is 13.8 Å². The topological polar surface area (TPSA) is 83.2 Å². The molecule has 5 nitrogen and oxygen atoms in total. The fourth-order valence-electron chi connectivity index (χ4n) is 2.49. The van der Waals surface area contributed by atoms with E-state index in [9.17, 15) is 10.1 Å². The number of benzene rings is 1. The minimum atomic E-state index is -0.846. The summed E-state index contributed by atoms with van der Waals surface area (Å²) in [7, 11) is 0. The molecule has 1 aliphatic rings. The number of allylic oxidation sites excluding steroid dienone is 1. The van der Waals surface area contributed by atoms with Crippen molar-refractivity contribution < 1.29 is 14.3 Å². The van der Waals surface area contributed by atoms with Gasteiger partial charge in [-0.15, -0.1) is 0 Å². The summed E-state index contributed by atoms with van der Waals surface area (Å²) in [5.74, 6) is -1.73. The summed E-state index contributed by atoms with van der Waals surface area (Å²) < 4.78 is 11.4. The average molecular weight is 410 g/mol. The molecule has 0 spiro atoms. The standard InChI is InChI=1S/C16H15IN2O3/c1-3-21-16(20)13-9(2)22-15(19)12(8-18)14(13)10-5-4-6-11(17)7-10/h4-7,12,14,19H,3H2,1-2H3. The Morgan fingerprint density at radius 2 is 2.27 bits per heavy atom. The fraction of sp³-hybridized carbons (Fsp3) is 0.312. The van der Waals surface area contributed by atoms with Crippen molar-refractivity contribution in [2.45, 2.75) is 19.8 Å². The minimum Gasteiger partial charge on any atom is -0.463 e. The van der Waals surface area contributed by atoms with Gasteiger partial charge >= 0.3 is 5.97 Å². The molecule has 0 fully saturated rings. The normalized spacial score (nSPS) is 21.1. The fourth-order valence-corrected chi connectivity index (χ4v) is 3.06. The Balaban J connectivity index is 2.60. The zero-order valence-electron chi connectivity index (χ0n) is 12.2. The van der Waals surface area contributed by atoms with E-state index in [0.717, 1.165) is 9.13 Å². The lowest BCUT2D eigenvalue weighted by Gasteiger charge is -2.30. The summed E-state index contributed by atoms with van der Waals surface area (Å²) in [5.41, 5.74) is 1.11. The first-order valence-corrected chi connectivity index (χ1v) is 7.86. The van der Waals surface area contributed by atoms with Crippen LogP contribution in [0.3, 0.4) is 0 Å². The Labute approximate surface area is 142 Å². The Morgan fingerprint density at radius 1 is 1.55 bits per heavy atom. The van der Waals surface area contributed by atoms with Gasteiger partial charge in [0.05, 0.1) is 18.2 Å². The van der Waals surface area contributed by atoms with E-state index >= 15 is 0 Å². The lowest BCUT2D eigenvalue weighted by atomic mass is 9.79. The number of nitriles is 1. The van der Waals surface area contributed by atoms with E-state index < -0.39 is 17.8 Å². The van der Waals surface area contributed by atoms with E-state index in [-0.39, 0.29) is 12.5 Å². The zero-order valence-corrected chi connectivity index (χ0v) is 14.4. The second-order valence-electron chi connectivity index (χ2n) is 4.80. The summed E-state index contributed by atoms with van der Waals surface area (Å²) in [6.45, 7) is 3.58. The number of hydrogen-bond donors (Lipinski definition) is 1. The van der Waals surface area contributed by atoms with Crippen molar-refractivity contribution >= 4 is 34.5 Å². The van der Waals surface area contributed by atoms with Crippen LogP contribution in [0.1, 0.15) is 25.3 Å². The van der Waals surface area contributed by atoms with Crippen molar-refractivity contribution in [3.63, 3.8) is 0 Å². The first-order valence-electron chi connectivity index (χ1n) is 6.78. The van der Waals surface area contributed by atoms with Crippen molar-refractivity contribution in [1.82, 2.24) is 0 Å². The molecule has 114 valence electrons. The maximum atomic E-state index is 12.3. The monoisotopic (exact) mass is 410 g/mol. The molecule has 0 saturated carbocycles. The second kappa shape index (κ2) is 6.92. The molecule has 1 aliphatic heterocycles. The molecule has 0 aromatic heterocycles. The van der Waals surface area contributed by atoms with Gasteiger partial charge in [-0.1, -0.05) is 12.1 Å². The van der Waals surface area contributed by atoms with Gasteiger partial charge in [0.25, 0.3) is 0 Å². The molecule has 1 aromatic carbocycles. The smallest absolute Gasteiger partial charge is 0.338 e. The first kappa shape index (κ1) is 16.5. The highest BCUT2D eigenvalue weighted by Crippen LogP contribution is 2.39. The predicted molar refractivity (Wildman–Crippen MR) is 89.1 cm³/mol. The molecule has 0 amide bonds. The van der Waals surface area contributed by atoms with Crippen LogP contribution in [-0.2, 0) is 14.3 Å². The Morgan fingerprint density at radius 3 is 2.86 bits per heavy atom. The molecule has 1 aromatic rings. The van der Waals surface area contributed by atoms with Crippen LogP contribution < -0.4 is 0 Å². The number of nitrogens with one attached hydrogen (secondary N) is 1. The van der Waals surface area contributed by atoms with Crippen LogP contribution in [0.25, 0.3) is 0 Å². The van der Waals surface area contributed by atoms with Crippen molar-refractivity contribution in [3.05, 3.63) is 44.7 Å². The highest BCUT2D eigenvalue weighted by molar-refractivity contribution is 14.1. The van der Waals surface area contributed by atoms with Crippen LogP contribution >= 0.6 is 22.6 Å². The number of esters is 1. The van der Waals surface area contributed by atoms with Crippen molar-refractivity contribution in [1.29, 1.82) is 10.7 Å². The number of nitrogens with zero attached hydrogens (tertiary/aromatic N) is 1. The highest BCUT2D eigenvalue weighted by Gasteiger charge is 2.41. The molecular formula is C16H15IN2O3. The highest BCUT2D eigenvalue weighted by atomic mass is 127. The van der Waals surface area contributed by atoms with Gasteiger partial charge < -0.3 is 9.47 Å².